The number of hydrogen-bond acceptors (Lipinski definition) is 3. The van der Waals surface area contributed by atoms with Crippen molar-refractivity contribution in [1.82, 2.24) is 4.90 Å². The maximum absolute atomic E-state index is 4.72. The number of amidine groups is 1. The lowest BCUT2D eigenvalue weighted by atomic mass is 10.0. The molecule has 17 heavy (non-hydrogen) atoms. The molecule has 0 spiro atoms. The van der Waals surface area contributed by atoms with Crippen LogP contribution in [-0.4, -0.2) is 27.9 Å². The van der Waals surface area contributed by atoms with Gasteiger partial charge in [0.15, 0.2) is 5.17 Å². The van der Waals surface area contributed by atoms with Crippen LogP contribution in [0.15, 0.2) is 35.3 Å². The zero-order valence-electron chi connectivity index (χ0n) is 10.4. The van der Waals surface area contributed by atoms with Crippen LogP contribution >= 0.6 is 11.8 Å². The molecule has 0 radical (unpaired) electrons. The summed E-state index contributed by atoms with van der Waals surface area (Å²) in [4.78, 5) is 7.19. The third-order valence-electron chi connectivity index (χ3n) is 3.53. The summed E-state index contributed by atoms with van der Waals surface area (Å²) >= 11 is 1.93. The smallest absolute Gasteiger partial charge is 0.160 e. The highest BCUT2D eigenvalue weighted by Crippen LogP contribution is 2.41. The number of nitrogens with zero attached hydrogens (tertiary/aromatic N) is 2. The fourth-order valence-electron chi connectivity index (χ4n) is 2.48. The zero-order chi connectivity index (χ0) is 11.9. The highest BCUT2D eigenvalue weighted by Gasteiger charge is 2.37. The van der Waals surface area contributed by atoms with Gasteiger partial charge >= 0.3 is 0 Å². The van der Waals surface area contributed by atoms with Crippen molar-refractivity contribution >= 4 is 16.9 Å². The lowest BCUT2D eigenvalue weighted by Gasteiger charge is -2.38. The second-order valence-corrected chi connectivity index (χ2v) is 7.03. The molecule has 0 bridgehead atoms. The average Bonchev–Trinajstić information content (AvgIpc) is 2.71. The van der Waals surface area contributed by atoms with Gasteiger partial charge in [-0.25, -0.2) is 0 Å². The molecule has 2 heterocycles. The molecule has 0 N–H and O–H groups in total. The Morgan fingerprint density at radius 1 is 1.29 bits per heavy atom. The van der Waals surface area contributed by atoms with Crippen molar-refractivity contribution in [3.63, 3.8) is 0 Å². The van der Waals surface area contributed by atoms with Gasteiger partial charge < -0.3 is 4.90 Å². The normalized spacial score (nSPS) is 26.6. The van der Waals surface area contributed by atoms with Gasteiger partial charge in [0.2, 0.25) is 0 Å². The van der Waals surface area contributed by atoms with E-state index in [0.717, 1.165) is 13.1 Å². The van der Waals surface area contributed by atoms with Crippen LogP contribution in [0.2, 0.25) is 0 Å². The minimum atomic E-state index is 0.348. The van der Waals surface area contributed by atoms with Gasteiger partial charge in [-0.05, 0) is 12.0 Å². The van der Waals surface area contributed by atoms with E-state index in [2.05, 4.69) is 49.1 Å². The molecule has 0 aliphatic carbocycles. The summed E-state index contributed by atoms with van der Waals surface area (Å²) < 4.78 is 0.348. The van der Waals surface area contributed by atoms with Gasteiger partial charge in [0.05, 0.1) is 12.6 Å². The summed E-state index contributed by atoms with van der Waals surface area (Å²) in [5, 5.41) is 1.25. The topological polar surface area (TPSA) is 15.6 Å². The molecule has 0 aromatic heterocycles. The maximum atomic E-state index is 4.72. The molecule has 90 valence electrons. The van der Waals surface area contributed by atoms with Crippen LogP contribution < -0.4 is 0 Å². The molecule has 3 heteroatoms. The Kier molecular flexibility index (Phi) is 2.66. The van der Waals surface area contributed by atoms with E-state index in [1.807, 2.05) is 11.8 Å². The van der Waals surface area contributed by atoms with E-state index < -0.39 is 0 Å². The second-order valence-electron chi connectivity index (χ2n) is 5.35. The standard InChI is InChI=1S/C14H18N2S/c1-14(2)8-9-16-12(10-15-13(16)17-14)11-6-4-3-5-7-11/h3-7,12H,8-10H2,1-2H3. The molecule has 2 aliphatic rings. The van der Waals surface area contributed by atoms with Crippen molar-refractivity contribution in [2.75, 3.05) is 13.1 Å². The van der Waals surface area contributed by atoms with Crippen molar-refractivity contribution in [3.8, 4) is 0 Å². The maximum Gasteiger partial charge on any atom is 0.160 e. The van der Waals surface area contributed by atoms with Gasteiger partial charge in [-0.15, -0.1) is 0 Å². The molecule has 1 atom stereocenters. The highest BCUT2D eigenvalue weighted by molar-refractivity contribution is 8.15. The Hall–Kier alpha value is -0.960. The van der Waals surface area contributed by atoms with E-state index in [0.29, 0.717) is 10.8 Å². The van der Waals surface area contributed by atoms with Crippen LogP contribution in [0.25, 0.3) is 0 Å². The molecular formula is C14H18N2S. The molecule has 0 amide bonds. The average molecular weight is 246 g/mol. The minimum Gasteiger partial charge on any atom is -0.343 e. The first-order valence-corrected chi connectivity index (χ1v) is 7.02. The number of benzene rings is 1. The van der Waals surface area contributed by atoms with Crippen LogP contribution in [0.3, 0.4) is 0 Å². The number of thioether (sulfide) groups is 1. The van der Waals surface area contributed by atoms with Gasteiger partial charge in [0.1, 0.15) is 0 Å². The molecule has 2 nitrogen and oxygen atoms in total. The Balaban J connectivity index is 1.82. The number of hydrogen-bond donors (Lipinski definition) is 0. The van der Waals surface area contributed by atoms with Crippen molar-refractivity contribution in [2.24, 2.45) is 4.99 Å². The van der Waals surface area contributed by atoms with Crippen LogP contribution in [-0.2, 0) is 0 Å². The van der Waals surface area contributed by atoms with Crippen molar-refractivity contribution in [3.05, 3.63) is 35.9 Å². The quantitative estimate of drug-likeness (QED) is 0.755. The molecule has 1 fully saturated rings. The van der Waals surface area contributed by atoms with Gasteiger partial charge in [-0.3, -0.25) is 4.99 Å². The van der Waals surface area contributed by atoms with E-state index in [9.17, 15) is 0 Å². The molecule has 3 rings (SSSR count). The number of rotatable bonds is 1. The Bertz CT molecular complexity index is 439. The van der Waals surface area contributed by atoms with E-state index in [1.165, 1.54) is 17.2 Å². The van der Waals surface area contributed by atoms with E-state index in [-0.39, 0.29) is 0 Å². The lowest BCUT2D eigenvalue weighted by molar-refractivity contribution is 0.330. The largest absolute Gasteiger partial charge is 0.343 e. The summed E-state index contributed by atoms with van der Waals surface area (Å²) in [6.07, 6.45) is 1.24. The molecular weight excluding hydrogens is 228 g/mol. The van der Waals surface area contributed by atoms with Gasteiger partial charge in [0, 0.05) is 11.3 Å². The van der Waals surface area contributed by atoms with Crippen molar-refractivity contribution in [2.45, 2.75) is 31.1 Å². The summed E-state index contributed by atoms with van der Waals surface area (Å²) in [5.41, 5.74) is 1.39. The SMILES string of the molecule is CC1(C)CCN2C(=NCC2c2ccccc2)S1. The number of fused-ring (bicyclic) bond motifs is 1. The first kappa shape index (κ1) is 11.1. The zero-order valence-corrected chi connectivity index (χ0v) is 11.2. The fourth-order valence-corrected chi connectivity index (χ4v) is 3.64. The van der Waals surface area contributed by atoms with Crippen molar-refractivity contribution < 1.29 is 0 Å². The van der Waals surface area contributed by atoms with Gasteiger partial charge in [-0.2, -0.15) is 0 Å². The van der Waals surface area contributed by atoms with Crippen molar-refractivity contribution in [1.29, 1.82) is 0 Å². The summed E-state index contributed by atoms with van der Waals surface area (Å²) in [7, 11) is 0. The summed E-state index contributed by atoms with van der Waals surface area (Å²) in [6, 6.07) is 11.2. The molecule has 1 saturated heterocycles. The van der Waals surface area contributed by atoms with E-state index in [4.69, 9.17) is 4.99 Å². The number of aliphatic imine (C=N–C) groups is 1. The van der Waals surface area contributed by atoms with E-state index >= 15 is 0 Å². The third kappa shape index (κ3) is 2.08. The van der Waals surface area contributed by atoms with Crippen LogP contribution in [0.4, 0.5) is 0 Å². The molecule has 1 aromatic carbocycles. The summed E-state index contributed by atoms with van der Waals surface area (Å²) in [5.74, 6) is 0. The minimum absolute atomic E-state index is 0.348. The molecule has 1 unspecified atom stereocenters. The second kappa shape index (κ2) is 4.05. The monoisotopic (exact) mass is 246 g/mol. The van der Waals surface area contributed by atoms with Crippen LogP contribution in [0.1, 0.15) is 31.9 Å². The highest BCUT2D eigenvalue weighted by atomic mass is 32.2. The predicted molar refractivity (Wildman–Crippen MR) is 74.5 cm³/mol. The van der Waals surface area contributed by atoms with Gasteiger partial charge in [0.25, 0.3) is 0 Å². The molecule has 0 saturated carbocycles. The fraction of sp³-hybridized carbons (Fsp3) is 0.500. The van der Waals surface area contributed by atoms with E-state index in [1.54, 1.807) is 0 Å². The first-order valence-electron chi connectivity index (χ1n) is 6.21. The Morgan fingerprint density at radius 2 is 2.06 bits per heavy atom. The Labute approximate surface area is 107 Å². The first-order chi connectivity index (χ1) is 8.16. The molecule has 1 aromatic rings. The Morgan fingerprint density at radius 3 is 2.82 bits per heavy atom. The van der Waals surface area contributed by atoms with Gasteiger partial charge in [-0.1, -0.05) is 55.9 Å². The third-order valence-corrected chi connectivity index (χ3v) is 4.83. The molecule has 2 aliphatic heterocycles. The lowest BCUT2D eigenvalue weighted by Crippen LogP contribution is -2.40. The van der Waals surface area contributed by atoms with Crippen LogP contribution in [0.5, 0.6) is 0 Å². The summed E-state index contributed by atoms with van der Waals surface area (Å²) in [6.45, 7) is 6.68. The van der Waals surface area contributed by atoms with Crippen LogP contribution in [0, 0.1) is 0 Å². The predicted octanol–water partition coefficient (Wildman–Crippen LogP) is 3.31.